The number of nitrogens with zero attached hydrogens (tertiary/aromatic N) is 2. The van der Waals surface area contributed by atoms with E-state index in [-0.39, 0.29) is 0 Å². The van der Waals surface area contributed by atoms with Crippen LogP contribution >= 0.6 is 0 Å². The maximum atomic E-state index is 4.33. The van der Waals surface area contributed by atoms with Crippen LogP contribution in [0.1, 0.15) is 33.4 Å². The molecule has 13 heavy (non-hydrogen) atoms. The monoisotopic (exact) mass is 180 g/mol. The predicted molar refractivity (Wildman–Crippen MR) is 55.6 cm³/mol. The highest BCUT2D eigenvalue weighted by atomic mass is 15.3. The van der Waals surface area contributed by atoms with E-state index in [9.17, 15) is 0 Å². The van der Waals surface area contributed by atoms with Crippen LogP contribution < -0.4 is 0 Å². The van der Waals surface area contributed by atoms with Gasteiger partial charge in [-0.25, -0.2) is 0 Å². The van der Waals surface area contributed by atoms with Crippen molar-refractivity contribution < 1.29 is 0 Å². The van der Waals surface area contributed by atoms with Gasteiger partial charge in [0, 0.05) is 18.4 Å². The van der Waals surface area contributed by atoms with E-state index in [4.69, 9.17) is 0 Å². The molecule has 1 rings (SSSR count). The molecule has 1 aromatic rings. The molecule has 0 amide bonds. The van der Waals surface area contributed by atoms with Crippen molar-refractivity contribution >= 4 is 0 Å². The van der Waals surface area contributed by atoms with Crippen molar-refractivity contribution in [2.75, 3.05) is 0 Å². The summed E-state index contributed by atoms with van der Waals surface area (Å²) in [6.45, 7) is 9.97. The van der Waals surface area contributed by atoms with E-state index in [0.29, 0.717) is 11.8 Å². The molecule has 1 heterocycles. The van der Waals surface area contributed by atoms with E-state index in [1.807, 2.05) is 6.20 Å². The third-order valence-corrected chi connectivity index (χ3v) is 1.96. The van der Waals surface area contributed by atoms with Gasteiger partial charge in [-0.1, -0.05) is 27.7 Å². The van der Waals surface area contributed by atoms with Crippen molar-refractivity contribution in [1.29, 1.82) is 0 Å². The lowest BCUT2D eigenvalue weighted by Gasteiger charge is -2.11. The minimum Gasteiger partial charge on any atom is -0.269 e. The van der Waals surface area contributed by atoms with Gasteiger partial charge in [0.1, 0.15) is 0 Å². The molecule has 0 fully saturated rings. The van der Waals surface area contributed by atoms with E-state index in [1.54, 1.807) is 0 Å². The van der Waals surface area contributed by atoms with Gasteiger partial charge in [-0.2, -0.15) is 5.10 Å². The maximum absolute atomic E-state index is 4.33. The zero-order valence-corrected chi connectivity index (χ0v) is 9.12. The molecule has 0 aliphatic carbocycles. The fourth-order valence-electron chi connectivity index (χ4n) is 1.46. The van der Waals surface area contributed by atoms with Crippen molar-refractivity contribution in [3.63, 3.8) is 0 Å². The third-order valence-electron chi connectivity index (χ3n) is 1.96. The van der Waals surface area contributed by atoms with Gasteiger partial charge >= 0.3 is 0 Å². The Hall–Kier alpha value is -0.790. The van der Waals surface area contributed by atoms with Gasteiger partial charge < -0.3 is 0 Å². The largest absolute Gasteiger partial charge is 0.269 e. The van der Waals surface area contributed by atoms with Crippen LogP contribution in [0.2, 0.25) is 0 Å². The summed E-state index contributed by atoms with van der Waals surface area (Å²) in [6.07, 6.45) is 3.03. The van der Waals surface area contributed by atoms with Crippen LogP contribution in [0.4, 0.5) is 0 Å². The summed E-state index contributed by atoms with van der Waals surface area (Å²) in [5.41, 5.74) is 1.36. The van der Waals surface area contributed by atoms with Crippen LogP contribution in [0.25, 0.3) is 0 Å². The molecule has 0 aromatic carbocycles. The quantitative estimate of drug-likeness (QED) is 0.696. The summed E-state index contributed by atoms with van der Waals surface area (Å²) < 4.78 is 2.13. The van der Waals surface area contributed by atoms with Crippen LogP contribution in [0, 0.1) is 11.8 Å². The van der Waals surface area contributed by atoms with E-state index in [2.05, 4.69) is 43.5 Å². The highest BCUT2D eigenvalue weighted by molar-refractivity contribution is 5.01. The molecule has 0 aliphatic rings. The van der Waals surface area contributed by atoms with Gasteiger partial charge in [-0.3, -0.25) is 4.68 Å². The van der Waals surface area contributed by atoms with Gasteiger partial charge in [0.2, 0.25) is 0 Å². The molecule has 0 saturated carbocycles. The maximum Gasteiger partial charge on any atom is 0.0492 e. The van der Waals surface area contributed by atoms with Crippen molar-refractivity contribution in [3.8, 4) is 0 Å². The highest BCUT2D eigenvalue weighted by Crippen LogP contribution is 2.09. The van der Waals surface area contributed by atoms with Crippen molar-refractivity contribution in [1.82, 2.24) is 9.78 Å². The Kier molecular flexibility index (Phi) is 3.52. The molecule has 0 radical (unpaired) electrons. The minimum absolute atomic E-state index is 0.672. The summed E-state index contributed by atoms with van der Waals surface area (Å²) in [5, 5.41) is 4.33. The Balaban J connectivity index is 2.65. The summed E-state index contributed by atoms with van der Waals surface area (Å²) in [5.74, 6) is 1.38. The van der Waals surface area contributed by atoms with E-state index in [1.165, 1.54) is 5.69 Å². The van der Waals surface area contributed by atoms with Gasteiger partial charge in [0.05, 0.1) is 0 Å². The molecule has 0 bridgehead atoms. The number of aromatic nitrogens is 2. The first-order valence-electron chi connectivity index (χ1n) is 5.10. The van der Waals surface area contributed by atoms with Gasteiger partial charge in [0.25, 0.3) is 0 Å². The van der Waals surface area contributed by atoms with Crippen LogP contribution in [-0.4, -0.2) is 9.78 Å². The third kappa shape index (κ3) is 3.21. The molecule has 0 N–H and O–H groups in total. The molecule has 1 aromatic heterocycles. The highest BCUT2D eigenvalue weighted by Gasteiger charge is 2.05. The van der Waals surface area contributed by atoms with E-state index < -0.39 is 0 Å². The number of hydrogen-bond acceptors (Lipinski definition) is 1. The lowest BCUT2D eigenvalue weighted by Crippen LogP contribution is -2.11. The molecule has 0 aliphatic heterocycles. The average molecular weight is 180 g/mol. The first-order valence-corrected chi connectivity index (χ1v) is 5.10. The molecular weight excluding hydrogens is 160 g/mol. The Morgan fingerprint density at radius 2 is 1.92 bits per heavy atom. The van der Waals surface area contributed by atoms with E-state index in [0.717, 1.165) is 13.0 Å². The second-order valence-corrected chi connectivity index (χ2v) is 4.50. The summed E-state index contributed by atoms with van der Waals surface area (Å²) in [7, 11) is 0. The Labute approximate surface area is 81.0 Å². The smallest absolute Gasteiger partial charge is 0.0492 e. The molecular formula is C11H20N2. The summed E-state index contributed by atoms with van der Waals surface area (Å²) >= 11 is 0. The minimum atomic E-state index is 0.672. The molecule has 0 atom stereocenters. The second kappa shape index (κ2) is 4.45. The first-order chi connectivity index (χ1) is 6.09. The number of hydrogen-bond donors (Lipinski definition) is 0. The number of rotatable bonds is 4. The van der Waals surface area contributed by atoms with Crippen LogP contribution in [-0.2, 0) is 13.0 Å². The Morgan fingerprint density at radius 3 is 2.46 bits per heavy atom. The molecule has 2 nitrogen and oxygen atoms in total. The molecule has 0 spiro atoms. The van der Waals surface area contributed by atoms with Crippen LogP contribution in [0.5, 0.6) is 0 Å². The SMILES string of the molecule is CC(C)Cc1ccnn1CC(C)C. The zero-order chi connectivity index (χ0) is 9.84. The van der Waals surface area contributed by atoms with Crippen LogP contribution in [0.15, 0.2) is 12.3 Å². The molecule has 74 valence electrons. The normalized spacial score (nSPS) is 11.5. The van der Waals surface area contributed by atoms with Crippen molar-refractivity contribution in [3.05, 3.63) is 18.0 Å². The molecule has 0 saturated heterocycles. The van der Waals surface area contributed by atoms with Crippen molar-refractivity contribution in [2.24, 2.45) is 11.8 Å². The van der Waals surface area contributed by atoms with Gasteiger partial charge in [-0.05, 0) is 24.3 Å². The van der Waals surface area contributed by atoms with E-state index >= 15 is 0 Å². The fourth-order valence-corrected chi connectivity index (χ4v) is 1.46. The zero-order valence-electron chi connectivity index (χ0n) is 9.12. The molecule has 0 unspecified atom stereocenters. The average Bonchev–Trinajstić information content (AvgIpc) is 2.34. The van der Waals surface area contributed by atoms with Gasteiger partial charge in [-0.15, -0.1) is 0 Å². The lowest BCUT2D eigenvalue weighted by atomic mass is 10.1. The Bertz CT molecular complexity index is 224. The topological polar surface area (TPSA) is 17.8 Å². The fraction of sp³-hybridized carbons (Fsp3) is 0.727. The summed E-state index contributed by atoms with van der Waals surface area (Å²) in [4.78, 5) is 0. The lowest BCUT2D eigenvalue weighted by molar-refractivity contribution is 0.457. The predicted octanol–water partition coefficient (Wildman–Crippen LogP) is 2.74. The molecule has 2 heteroatoms. The second-order valence-electron chi connectivity index (χ2n) is 4.50. The van der Waals surface area contributed by atoms with Gasteiger partial charge in [0.15, 0.2) is 0 Å². The summed E-state index contributed by atoms with van der Waals surface area (Å²) in [6, 6.07) is 2.13. The standard InChI is InChI=1S/C11H20N2/c1-9(2)7-11-5-6-12-13(11)8-10(3)4/h5-6,9-10H,7-8H2,1-4H3. The van der Waals surface area contributed by atoms with Crippen LogP contribution in [0.3, 0.4) is 0 Å². The Morgan fingerprint density at radius 1 is 1.23 bits per heavy atom. The van der Waals surface area contributed by atoms with Crippen molar-refractivity contribution in [2.45, 2.75) is 40.7 Å². The first kappa shape index (κ1) is 10.3.